The molecule has 0 saturated heterocycles. The third-order valence-electron chi connectivity index (χ3n) is 2.38. The molecule has 0 unspecified atom stereocenters. The highest BCUT2D eigenvalue weighted by atomic mass is 19.1. The van der Waals surface area contributed by atoms with E-state index in [0.29, 0.717) is 0 Å². The zero-order valence-electron chi connectivity index (χ0n) is 8.73. The van der Waals surface area contributed by atoms with Gasteiger partial charge < -0.3 is 5.11 Å². The maximum Gasteiger partial charge on any atom is 0.313 e. The van der Waals surface area contributed by atoms with Crippen LogP contribution in [-0.2, 0) is 10.2 Å². The number of nitro benzene ring substituents is 1. The Kier molecular flexibility index (Phi) is 2.93. The number of aliphatic carboxylic acids is 1. The molecule has 0 heterocycles. The Morgan fingerprint density at radius 2 is 2.06 bits per heavy atom. The molecule has 5 nitrogen and oxygen atoms in total. The molecule has 6 heteroatoms. The predicted octanol–water partition coefficient (Wildman–Crippen LogP) is 2.10. The molecular formula is C10H10FNO4. The average Bonchev–Trinajstić information content (AvgIpc) is 2.16. The molecule has 0 radical (unpaired) electrons. The summed E-state index contributed by atoms with van der Waals surface area (Å²) in [6.45, 7) is 2.58. The lowest BCUT2D eigenvalue weighted by molar-refractivity contribution is -0.387. The lowest BCUT2D eigenvalue weighted by atomic mass is 9.84. The number of nitro groups is 1. The highest BCUT2D eigenvalue weighted by Crippen LogP contribution is 2.30. The smallest absolute Gasteiger partial charge is 0.313 e. The summed E-state index contributed by atoms with van der Waals surface area (Å²) in [5, 5.41) is 19.4. The molecule has 1 rings (SSSR count). The summed E-state index contributed by atoms with van der Waals surface area (Å²) in [6.07, 6.45) is 0. The number of carboxylic acid groups (broad SMARTS) is 1. The van der Waals surface area contributed by atoms with Crippen molar-refractivity contribution in [2.45, 2.75) is 19.3 Å². The molecule has 0 spiro atoms. The van der Waals surface area contributed by atoms with Crippen LogP contribution >= 0.6 is 0 Å². The molecule has 86 valence electrons. The summed E-state index contributed by atoms with van der Waals surface area (Å²) >= 11 is 0. The van der Waals surface area contributed by atoms with Crippen molar-refractivity contribution in [2.24, 2.45) is 0 Å². The van der Waals surface area contributed by atoms with Gasteiger partial charge in [0.05, 0.1) is 10.3 Å². The van der Waals surface area contributed by atoms with Crippen molar-refractivity contribution in [1.29, 1.82) is 0 Å². The van der Waals surface area contributed by atoms with Crippen LogP contribution in [0.3, 0.4) is 0 Å². The Labute approximate surface area is 90.7 Å². The Bertz CT molecular complexity index is 456. The zero-order valence-corrected chi connectivity index (χ0v) is 8.73. The van der Waals surface area contributed by atoms with Gasteiger partial charge in [0, 0.05) is 11.6 Å². The summed E-state index contributed by atoms with van der Waals surface area (Å²) < 4.78 is 13.7. The molecule has 0 bridgehead atoms. The molecule has 16 heavy (non-hydrogen) atoms. The molecule has 0 aromatic heterocycles. The number of carbonyl (C=O) groups is 1. The minimum atomic E-state index is -1.50. The SMILES string of the molecule is CC(C)(C(=O)O)c1cccc([N+](=O)[O-])c1F. The molecule has 1 aromatic carbocycles. The molecule has 1 aromatic rings. The summed E-state index contributed by atoms with van der Waals surface area (Å²) in [7, 11) is 0. The van der Waals surface area contributed by atoms with Crippen molar-refractivity contribution < 1.29 is 19.2 Å². The highest BCUT2D eigenvalue weighted by molar-refractivity contribution is 5.80. The maximum atomic E-state index is 13.7. The highest BCUT2D eigenvalue weighted by Gasteiger charge is 2.35. The number of benzene rings is 1. The van der Waals surface area contributed by atoms with Gasteiger partial charge in [0.25, 0.3) is 0 Å². The number of hydrogen-bond acceptors (Lipinski definition) is 3. The van der Waals surface area contributed by atoms with Gasteiger partial charge in [-0.3, -0.25) is 14.9 Å². The first-order chi connectivity index (χ1) is 7.28. The van der Waals surface area contributed by atoms with Gasteiger partial charge in [-0.25, -0.2) is 0 Å². The van der Waals surface area contributed by atoms with Crippen LogP contribution in [0.1, 0.15) is 19.4 Å². The fraction of sp³-hybridized carbons (Fsp3) is 0.300. The van der Waals surface area contributed by atoms with E-state index in [1.165, 1.54) is 26.0 Å². The number of carboxylic acids is 1. The van der Waals surface area contributed by atoms with Crippen LogP contribution in [0.25, 0.3) is 0 Å². The lowest BCUT2D eigenvalue weighted by Crippen LogP contribution is -2.29. The van der Waals surface area contributed by atoms with Gasteiger partial charge in [-0.1, -0.05) is 12.1 Å². The van der Waals surface area contributed by atoms with Crippen LogP contribution < -0.4 is 0 Å². The van der Waals surface area contributed by atoms with E-state index in [1.54, 1.807) is 0 Å². The van der Waals surface area contributed by atoms with E-state index in [2.05, 4.69) is 0 Å². The average molecular weight is 227 g/mol. The fourth-order valence-corrected chi connectivity index (χ4v) is 1.26. The normalized spacial score (nSPS) is 11.2. The zero-order chi connectivity index (χ0) is 12.5. The molecule has 1 N–H and O–H groups in total. The molecule has 0 atom stereocenters. The standard InChI is InChI=1S/C10H10FNO4/c1-10(2,9(13)14)6-4-3-5-7(8(6)11)12(15)16/h3-5H,1-2H3,(H,13,14). The molecule has 0 aliphatic heterocycles. The van der Waals surface area contributed by atoms with Crippen molar-refractivity contribution in [1.82, 2.24) is 0 Å². The number of rotatable bonds is 3. The molecule has 0 fully saturated rings. The number of nitrogens with zero attached hydrogens (tertiary/aromatic N) is 1. The number of hydrogen-bond donors (Lipinski definition) is 1. The summed E-state index contributed by atoms with van der Waals surface area (Å²) in [5.41, 5.74) is -2.42. The first kappa shape index (κ1) is 12.1. The van der Waals surface area contributed by atoms with Gasteiger partial charge in [0.15, 0.2) is 0 Å². The van der Waals surface area contributed by atoms with Gasteiger partial charge in [-0.2, -0.15) is 4.39 Å². The number of halogens is 1. The second-order valence-electron chi connectivity index (χ2n) is 3.83. The topological polar surface area (TPSA) is 80.4 Å². The predicted molar refractivity (Wildman–Crippen MR) is 53.7 cm³/mol. The molecule has 0 saturated carbocycles. The second kappa shape index (κ2) is 3.88. The van der Waals surface area contributed by atoms with Crippen molar-refractivity contribution in [2.75, 3.05) is 0 Å². The Morgan fingerprint density at radius 3 is 2.50 bits per heavy atom. The van der Waals surface area contributed by atoms with Crippen molar-refractivity contribution in [3.8, 4) is 0 Å². The maximum absolute atomic E-state index is 13.7. The Morgan fingerprint density at radius 1 is 1.50 bits per heavy atom. The van der Waals surface area contributed by atoms with Crippen LogP contribution in [-0.4, -0.2) is 16.0 Å². The van der Waals surface area contributed by atoms with Crippen LogP contribution in [0.5, 0.6) is 0 Å². The van der Waals surface area contributed by atoms with E-state index in [-0.39, 0.29) is 5.56 Å². The van der Waals surface area contributed by atoms with Gasteiger partial charge in [-0.15, -0.1) is 0 Å². The second-order valence-corrected chi connectivity index (χ2v) is 3.83. The Hall–Kier alpha value is -1.98. The van der Waals surface area contributed by atoms with Crippen molar-refractivity contribution in [3.63, 3.8) is 0 Å². The minimum absolute atomic E-state index is 0.200. The van der Waals surface area contributed by atoms with Crippen LogP contribution in [0.2, 0.25) is 0 Å². The first-order valence-electron chi connectivity index (χ1n) is 4.45. The molecule has 0 aliphatic carbocycles. The minimum Gasteiger partial charge on any atom is -0.481 e. The van der Waals surface area contributed by atoms with E-state index in [4.69, 9.17) is 5.11 Å². The fourth-order valence-electron chi connectivity index (χ4n) is 1.26. The summed E-state index contributed by atoms with van der Waals surface area (Å²) in [6, 6.07) is 3.49. The van der Waals surface area contributed by atoms with Crippen molar-refractivity contribution in [3.05, 3.63) is 39.7 Å². The van der Waals surface area contributed by atoms with E-state index in [9.17, 15) is 19.3 Å². The van der Waals surface area contributed by atoms with E-state index >= 15 is 0 Å². The molecular weight excluding hydrogens is 217 g/mol. The van der Waals surface area contributed by atoms with Gasteiger partial charge in [-0.05, 0) is 13.8 Å². The van der Waals surface area contributed by atoms with E-state index < -0.39 is 27.8 Å². The first-order valence-corrected chi connectivity index (χ1v) is 4.45. The van der Waals surface area contributed by atoms with E-state index in [1.807, 2.05) is 0 Å². The van der Waals surface area contributed by atoms with Gasteiger partial charge in [0.2, 0.25) is 5.82 Å². The van der Waals surface area contributed by atoms with Crippen molar-refractivity contribution >= 4 is 11.7 Å². The third kappa shape index (κ3) is 1.86. The van der Waals surface area contributed by atoms with Gasteiger partial charge >= 0.3 is 11.7 Å². The largest absolute Gasteiger partial charge is 0.481 e. The summed E-state index contributed by atoms with van der Waals surface area (Å²) in [4.78, 5) is 20.5. The van der Waals surface area contributed by atoms with Crippen LogP contribution in [0.4, 0.5) is 10.1 Å². The Balaban J connectivity index is 3.42. The third-order valence-corrected chi connectivity index (χ3v) is 2.38. The lowest BCUT2D eigenvalue weighted by Gasteiger charge is -2.19. The van der Waals surface area contributed by atoms with Gasteiger partial charge in [0.1, 0.15) is 0 Å². The van der Waals surface area contributed by atoms with Crippen LogP contribution in [0, 0.1) is 15.9 Å². The monoisotopic (exact) mass is 227 g/mol. The quantitative estimate of drug-likeness (QED) is 0.633. The van der Waals surface area contributed by atoms with E-state index in [0.717, 1.165) is 6.07 Å². The molecule has 0 amide bonds. The summed E-state index contributed by atoms with van der Waals surface area (Å²) in [5.74, 6) is -2.34. The van der Waals surface area contributed by atoms with Crippen LogP contribution in [0.15, 0.2) is 18.2 Å². The molecule has 0 aliphatic rings.